The van der Waals surface area contributed by atoms with Gasteiger partial charge in [-0.05, 0) is 26.3 Å². The summed E-state index contributed by atoms with van der Waals surface area (Å²) in [7, 11) is 1.62. The smallest absolute Gasteiger partial charge is 0.226 e. The topological polar surface area (TPSA) is 50.3 Å². The van der Waals surface area contributed by atoms with Crippen molar-refractivity contribution in [3.8, 4) is 5.88 Å². The van der Waals surface area contributed by atoms with E-state index in [9.17, 15) is 0 Å². The summed E-state index contributed by atoms with van der Waals surface area (Å²) in [6, 6.07) is 2.64. The van der Waals surface area contributed by atoms with Gasteiger partial charge in [-0.2, -0.15) is 4.98 Å². The highest BCUT2D eigenvalue weighted by atomic mass is 16.5. The number of aromatic nitrogens is 2. The Bertz CT molecular complexity index is 393. The van der Waals surface area contributed by atoms with Crippen LogP contribution in [0, 0.1) is 6.92 Å². The lowest BCUT2D eigenvalue weighted by molar-refractivity contribution is 0.288. The average molecular weight is 250 g/mol. The lowest BCUT2D eigenvalue weighted by Gasteiger charge is -2.19. The molecule has 0 amide bonds. The Kier molecular flexibility index (Phi) is 4.36. The van der Waals surface area contributed by atoms with Crippen LogP contribution in [0.15, 0.2) is 6.07 Å². The first-order valence-electron chi connectivity index (χ1n) is 6.60. The third kappa shape index (κ3) is 3.57. The van der Waals surface area contributed by atoms with E-state index in [1.54, 1.807) is 7.11 Å². The van der Waals surface area contributed by atoms with E-state index < -0.39 is 0 Å². The molecule has 1 aliphatic rings. The van der Waals surface area contributed by atoms with Gasteiger partial charge >= 0.3 is 0 Å². The van der Waals surface area contributed by atoms with Crippen molar-refractivity contribution in [2.45, 2.75) is 32.7 Å². The molecule has 5 heteroatoms. The molecule has 0 saturated heterocycles. The number of anilines is 1. The minimum atomic E-state index is 0.611. The van der Waals surface area contributed by atoms with Gasteiger partial charge in [0.2, 0.25) is 11.8 Å². The van der Waals surface area contributed by atoms with Crippen molar-refractivity contribution in [3.63, 3.8) is 0 Å². The Morgan fingerprint density at radius 3 is 2.83 bits per heavy atom. The molecule has 1 aromatic heterocycles. The molecule has 0 bridgehead atoms. The predicted molar refractivity (Wildman–Crippen MR) is 72.1 cm³/mol. The molecule has 1 heterocycles. The quantitative estimate of drug-likeness (QED) is 0.798. The highest BCUT2D eigenvalue weighted by Gasteiger charge is 2.27. The van der Waals surface area contributed by atoms with E-state index >= 15 is 0 Å². The van der Waals surface area contributed by atoms with Crippen LogP contribution in [-0.4, -0.2) is 47.7 Å². The van der Waals surface area contributed by atoms with Crippen molar-refractivity contribution in [3.05, 3.63) is 11.8 Å². The first-order chi connectivity index (χ1) is 8.72. The summed E-state index contributed by atoms with van der Waals surface area (Å²) in [4.78, 5) is 11.1. The van der Waals surface area contributed by atoms with Gasteiger partial charge in [0.25, 0.3) is 0 Å². The molecule has 0 radical (unpaired) electrons. The number of methoxy groups -OCH3 is 1. The molecule has 2 rings (SSSR count). The number of nitrogens with zero attached hydrogens (tertiary/aromatic N) is 3. The van der Waals surface area contributed by atoms with Crippen LogP contribution in [0.4, 0.5) is 5.95 Å². The normalized spacial score (nSPS) is 14.9. The number of ether oxygens (including phenoxy) is 1. The molecule has 0 aromatic carbocycles. The molecule has 1 aliphatic carbocycles. The number of rotatable bonds is 7. The van der Waals surface area contributed by atoms with Gasteiger partial charge in [0, 0.05) is 30.9 Å². The van der Waals surface area contributed by atoms with E-state index in [1.165, 1.54) is 12.8 Å². The fraction of sp³-hybridized carbons (Fsp3) is 0.692. The highest BCUT2D eigenvalue weighted by molar-refractivity contribution is 5.30. The minimum Gasteiger partial charge on any atom is -0.481 e. The SMILES string of the molecule is CCN(CCNc1nc(C)cc(OC)n1)C1CC1. The monoisotopic (exact) mass is 250 g/mol. The zero-order valence-corrected chi connectivity index (χ0v) is 11.4. The van der Waals surface area contributed by atoms with Crippen LogP contribution >= 0.6 is 0 Å². The molecule has 1 N–H and O–H groups in total. The van der Waals surface area contributed by atoms with Crippen molar-refractivity contribution in [2.24, 2.45) is 0 Å². The molecule has 100 valence electrons. The van der Waals surface area contributed by atoms with E-state index in [2.05, 4.69) is 27.1 Å². The molecule has 0 unspecified atom stereocenters. The van der Waals surface area contributed by atoms with Crippen molar-refractivity contribution < 1.29 is 4.74 Å². The summed E-state index contributed by atoms with van der Waals surface area (Å²) in [5.41, 5.74) is 0.916. The fourth-order valence-electron chi connectivity index (χ4n) is 2.07. The van der Waals surface area contributed by atoms with E-state index in [0.29, 0.717) is 11.8 Å². The Morgan fingerprint density at radius 2 is 2.22 bits per heavy atom. The molecule has 1 aromatic rings. The van der Waals surface area contributed by atoms with Crippen molar-refractivity contribution in [1.82, 2.24) is 14.9 Å². The van der Waals surface area contributed by atoms with E-state index in [4.69, 9.17) is 4.74 Å². The van der Waals surface area contributed by atoms with Crippen LogP contribution in [0.3, 0.4) is 0 Å². The third-order valence-electron chi connectivity index (χ3n) is 3.19. The van der Waals surface area contributed by atoms with Gasteiger partial charge in [-0.15, -0.1) is 0 Å². The summed E-state index contributed by atoms with van der Waals surface area (Å²) in [6.45, 7) is 7.19. The largest absolute Gasteiger partial charge is 0.481 e. The molecule has 1 saturated carbocycles. The molecule has 1 fully saturated rings. The first kappa shape index (κ1) is 13.1. The first-order valence-corrected chi connectivity index (χ1v) is 6.60. The molecular weight excluding hydrogens is 228 g/mol. The molecular formula is C13H22N4O. The maximum absolute atomic E-state index is 5.13. The summed E-state index contributed by atoms with van der Waals surface area (Å²) in [5, 5.41) is 3.26. The second kappa shape index (κ2) is 6.00. The van der Waals surface area contributed by atoms with E-state index in [0.717, 1.165) is 31.4 Å². The maximum Gasteiger partial charge on any atom is 0.226 e. The summed E-state index contributed by atoms with van der Waals surface area (Å²) in [6.07, 6.45) is 2.70. The molecule has 18 heavy (non-hydrogen) atoms. The van der Waals surface area contributed by atoms with Crippen LogP contribution in [-0.2, 0) is 0 Å². The van der Waals surface area contributed by atoms with Gasteiger partial charge in [0.15, 0.2) is 0 Å². The van der Waals surface area contributed by atoms with Crippen LogP contribution in [0.25, 0.3) is 0 Å². The molecule has 0 atom stereocenters. The second-order valence-electron chi connectivity index (χ2n) is 4.66. The van der Waals surface area contributed by atoms with Crippen LogP contribution in [0.5, 0.6) is 5.88 Å². The van der Waals surface area contributed by atoms with Gasteiger partial charge in [-0.1, -0.05) is 6.92 Å². The van der Waals surface area contributed by atoms with Crippen LogP contribution < -0.4 is 10.1 Å². The minimum absolute atomic E-state index is 0.611. The highest BCUT2D eigenvalue weighted by Crippen LogP contribution is 2.25. The average Bonchev–Trinajstić information content (AvgIpc) is 3.18. The molecule has 5 nitrogen and oxygen atoms in total. The Morgan fingerprint density at radius 1 is 1.44 bits per heavy atom. The van der Waals surface area contributed by atoms with E-state index in [1.807, 2.05) is 13.0 Å². The van der Waals surface area contributed by atoms with Gasteiger partial charge in [-0.3, -0.25) is 4.90 Å². The number of likely N-dealkylation sites (N-methyl/N-ethyl adjacent to an activating group) is 1. The lowest BCUT2D eigenvalue weighted by Crippen LogP contribution is -2.31. The predicted octanol–water partition coefficient (Wildman–Crippen LogP) is 1.69. The summed E-state index contributed by atoms with van der Waals surface area (Å²) in [5.74, 6) is 1.26. The zero-order valence-electron chi connectivity index (χ0n) is 11.4. The van der Waals surface area contributed by atoms with Crippen molar-refractivity contribution in [1.29, 1.82) is 0 Å². The Labute approximate surface area is 109 Å². The van der Waals surface area contributed by atoms with Crippen LogP contribution in [0.1, 0.15) is 25.5 Å². The fourth-order valence-corrected chi connectivity index (χ4v) is 2.07. The van der Waals surface area contributed by atoms with Gasteiger partial charge < -0.3 is 10.1 Å². The lowest BCUT2D eigenvalue weighted by atomic mass is 10.4. The second-order valence-corrected chi connectivity index (χ2v) is 4.66. The molecule has 0 spiro atoms. The zero-order chi connectivity index (χ0) is 13.0. The number of hydrogen-bond acceptors (Lipinski definition) is 5. The Balaban J connectivity index is 1.83. The maximum atomic E-state index is 5.13. The number of aryl methyl sites for hydroxylation is 1. The summed E-state index contributed by atoms with van der Waals surface area (Å²) < 4.78 is 5.13. The standard InChI is InChI=1S/C13H22N4O/c1-4-17(11-5-6-11)8-7-14-13-15-10(2)9-12(16-13)18-3/h9,11H,4-8H2,1-3H3,(H,14,15,16). The van der Waals surface area contributed by atoms with Crippen molar-refractivity contribution in [2.75, 3.05) is 32.1 Å². The summed E-state index contributed by atoms with van der Waals surface area (Å²) >= 11 is 0. The van der Waals surface area contributed by atoms with Crippen molar-refractivity contribution >= 4 is 5.95 Å². The van der Waals surface area contributed by atoms with Gasteiger partial charge in [0.05, 0.1) is 7.11 Å². The molecule has 0 aliphatic heterocycles. The Hall–Kier alpha value is -1.36. The number of hydrogen-bond donors (Lipinski definition) is 1. The third-order valence-corrected chi connectivity index (χ3v) is 3.19. The van der Waals surface area contributed by atoms with E-state index in [-0.39, 0.29) is 0 Å². The van der Waals surface area contributed by atoms with Gasteiger partial charge in [0.1, 0.15) is 0 Å². The number of nitrogens with one attached hydrogen (secondary N) is 1. The van der Waals surface area contributed by atoms with Gasteiger partial charge in [-0.25, -0.2) is 4.98 Å². The van der Waals surface area contributed by atoms with Crippen LogP contribution in [0.2, 0.25) is 0 Å².